The van der Waals surface area contributed by atoms with Crippen LogP contribution in [0.2, 0.25) is 0 Å². The van der Waals surface area contributed by atoms with E-state index in [0.717, 1.165) is 18.4 Å². The Hall–Kier alpha value is -0.920. The Balaban J connectivity index is 1.66. The lowest BCUT2D eigenvalue weighted by atomic mass is 10.2. The fourth-order valence-electron chi connectivity index (χ4n) is 2.28. The van der Waals surface area contributed by atoms with Crippen molar-refractivity contribution in [1.29, 1.82) is 0 Å². The molecule has 5 nitrogen and oxygen atoms in total. The van der Waals surface area contributed by atoms with Crippen molar-refractivity contribution in [2.45, 2.75) is 29.4 Å². The van der Waals surface area contributed by atoms with Gasteiger partial charge in [0.15, 0.2) is 0 Å². The van der Waals surface area contributed by atoms with Crippen LogP contribution in [0.5, 0.6) is 0 Å². The maximum absolute atomic E-state index is 12.2. The second-order valence-corrected chi connectivity index (χ2v) is 8.11. The molecule has 1 aromatic rings. The predicted octanol–water partition coefficient (Wildman–Crippen LogP) is 1.62. The first-order chi connectivity index (χ1) is 8.99. The zero-order chi connectivity index (χ0) is 13.6. The highest BCUT2D eigenvalue weighted by Gasteiger charge is 2.43. The molecule has 2 atom stereocenters. The molecular formula is C12H15NO4S2. The normalized spacial score (nSPS) is 26.3. The summed E-state index contributed by atoms with van der Waals surface area (Å²) in [5.41, 5.74) is 0.920. The fourth-order valence-corrected chi connectivity index (χ4v) is 4.95. The van der Waals surface area contributed by atoms with Gasteiger partial charge >= 0.3 is 5.97 Å². The number of carbonyl (C=O) groups is 1. The quantitative estimate of drug-likeness (QED) is 0.836. The Labute approximate surface area is 115 Å². The summed E-state index contributed by atoms with van der Waals surface area (Å²) < 4.78 is 27.4. The van der Waals surface area contributed by atoms with Crippen LogP contribution >= 0.6 is 11.3 Å². The number of sulfonamides is 1. The molecule has 0 radical (unpaired) electrons. The number of carboxylic acids is 1. The van der Waals surface area contributed by atoms with E-state index < -0.39 is 16.0 Å². The minimum atomic E-state index is -3.48. The molecule has 2 aliphatic rings. The van der Waals surface area contributed by atoms with Crippen LogP contribution in [0.4, 0.5) is 0 Å². The van der Waals surface area contributed by atoms with Crippen molar-refractivity contribution in [2.75, 3.05) is 6.54 Å². The Kier molecular flexibility index (Phi) is 3.15. The van der Waals surface area contributed by atoms with Gasteiger partial charge in [-0.05, 0) is 48.1 Å². The summed E-state index contributed by atoms with van der Waals surface area (Å²) >= 11 is 1.24. The Morgan fingerprint density at radius 2 is 2.21 bits per heavy atom. The maximum atomic E-state index is 12.2. The first-order valence-corrected chi connectivity index (χ1v) is 8.65. The monoisotopic (exact) mass is 301 g/mol. The number of thiophene rings is 1. The summed E-state index contributed by atoms with van der Waals surface area (Å²) in [4.78, 5) is 10.7. The minimum Gasteiger partial charge on any atom is -0.481 e. The van der Waals surface area contributed by atoms with Crippen molar-refractivity contribution < 1.29 is 18.3 Å². The number of nitrogens with one attached hydrogen (secondary N) is 1. The topological polar surface area (TPSA) is 83.5 Å². The molecule has 0 aromatic carbocycles. The van der Waals surface area contributed by atoms with E-state index >= 15 is 0 Å². The highest BCUT2D eigenvalue weighted by atomic mass is 32.2. The molecule has 0 aliphatic heterocycles. The van der Waals surface area contributed by atoms with Crippen molar-refractivity contribution in [3.63, 3.8) is 0 Å². The lowest BCUT2D eigenvalue weighted by Crippen LogP contribution is -2.26. The van der Waals surface area contributed by atoms with Gasteiger partial charge in [0.2, 0.25) is 10.0 Å². The van der Waals surface area contributed by atoms with Crippen LogP contribution < -0.4 is 4.72 Å². The molecule has 104 valence electrons. The molecule has 2 saturated carbocycles. The Morgan fingerprint density at radius 1 is 1.47 bits per heavy atom. The number of hydrogen-bond acceptors (Lipinski definition) is 4. The molecular weight excluding hydrogens is 286 g/mol. The van der Waals surface area contributed by atoms with Crippen LogP contribution in [-0.4, -0.2) is 26.0 Å². The third-order valence-electron chi connectivity index (χ3n) is 3.69. The van der Waals surface area contributed by atoms with E-state index in [1.807, 2.05) is 6.07 Å². The van der Waals surface area contributed by atoms with E-state index in [4.69, 9.17) is 5.11 Å². The lowest BCUT2D eigenvalue weighted by Gasteiger charge is -2.06. The third kappa shape index (κ3) is 2.68. The summed E-state index contributed by atoms with van der Waals surface area (Å²) in [6.45, 7) is 0.224. The molecule has 1 heterocycles. The molecule has 0 spiro atoms. The van der Waals surface area contributed by atoms with Crippen molar-refractivity contribution in [1.82, 2.24) is 4.72 Å². The van der Waals surface area contributed by atoms with E-state index in [0.29, 0.717) is 16.5 Å². The van der Waals surface area contributed by atoms with Gasteiger partial charge in [-0.25, -0.2) is 13.1 Å². The van der Waals surface area contributed by atoms with Crippen LogP contribution in [0.15, 0.2) is 15.7 Å². The van der Waals surface area contributed by atoms with Crippen molar-refractivity contribution in [2.24, 2.45) is 11.8 Å². The highest BCUT2D eigenvalue weighted by molar-refractivity contribution is 7.91. The first kappa shape index (κ1) is 13.1. The summed E-state index contributed by atoms with van der Waals surface area (Å²) in [6.07, 6.45) is 2.68. The fraction of sp³-hybridized carbons (Fsp3) is 0.583. The molecule has 19 heavy (non-hydrogen) atoms. The smallest absolute Gasteiger partial charge is 0.306 e. The molecule has 0 amide bonds. The molecule has 2 fully saturated rings. The second-order valence-electron chi connectivity index (χ2n) is 5.23. The summed E-state index contributed by atoms with van der Waals surface area (Å²) in [6, 6.07) is 1.88. The maximum Gasteiger partial charge on any atom is 0.306 e. The summed E-state index contributed by atoms with van der Waals surface area (Å²) in [5, 5.41) is 10.6. The highest BCUT2D eigenvalue weighted by Crippen LogP contribution is 2.45. The van der Waals surface area contributed by atoms with E-state index in [2.05, 4.69) is 4.72 Å². The van der Waals surface area contributed by atoms with Crippen LogP contribution in [0.1, 0.15) is 30.7 Å². The molecule has 0 bridgehead atoms. The van der Waals surface area contributed by atoms with Crippen LogP contribution in [0.25, 0.3) is 0 Å². The van der Waals surface area contributed by atoms with Crippen LogP contribution in [0, 0.1) is 11.8 Å². The van der Waals surface area contributed by atoms with Gasteiger partial charge in [0, 0.05) is 6.54 Å². The van der Waals surface area contributed by atoms with Gasteiger partial charge in [0.05, 0.1) is 5.92 Å². The molecule has 2 N–H and O–H groups in total. The lowest BCUT2D eigenvalue weighted by molar-refractivity contribution is -0.138. The molecule has 2 aliphatic carbocycles. The minimum absolute atomic E-state index is 0.0587. The van der Waals surface area contributed by atoms with Gasteiger partial charge in [-0.2, -0.15) is 0 Å². The Bertz CT molecular complexity index is 603. The summed E-state index contributed by atoms with van der Waals surface area (Å²) in [7, 11) is -3.48. The Morgan fingerprint density at radius 3 is 2.79 bits per heavy atom. The number of aliphatic carboxylic acids is 1. The zero-order valence-electron chi connectivity index (χ0n) is 10.2. The van der Waals surface area contributed by atoms with Gasteiger partial charge in [-0.3, -0.25) is 4.79 Å². The first-order valence-electron chi connectivity index (χ1n) is 6.29. The third-order valence-corrected chi connectivity index (χ3v) is 6.63. The van der Waals surface area contributed by atoms with E-state index in [1.165, 1.54) is 11.3 Å². The van der Waals surface area contributed by atoms with Crippen molar-refractivity contribution in [3.05, 3.63) is 17.0 Å². The largest absolute Gasteiger partial charge is 0.481 e. The second kappa shape index (κ2) is 4.57. The van der Waals surface area contributed by atoms with Gasteiger partial charge in [0.1, 0.15) is 4.21 Å². The van der Waals surface area contributed by atoms with E-state index in [-0.39, 0.29) is 18.4 Å². The standard InChI is InChI=1S/C12H15NO4S2/c14-11(15)10-5-8(10)6-13-19(16,17)12-9(3-4-18-12)7-1-2-7/h3-4,7-8,10,13H,1-2,5-6H2,(H,14,15)/t8-,10+/m0/s1. The number of rotatable bonds is 6. The summed E-state index contributed by atoms with van der Waals surface area (Å²) in [5.74, 6) is -0.880. The zero-order valence-corrected chi connectivity index (χ0v) is 11.8. The molecule has 7 heteroatoms. The van der Waals surface area contributed by atoms with Crippen molar-refractivity contribution in [3.8, 4) is 0 Å². The SMILES string of the molecule is O=C(O)[C@@H]1C[C@H]1CNS(=O)(=O)c1sccc1C1CC1. The van der Waals surface area contributed by atoms with E-state index in [9.17, 15) is 13.2 Å². The average molecular weight is 301 g/mol. The molecule has 1 aromatic heterocycles. The molecule has 0 saturated heterocycles. The molecule has 0 unspecified atom stereocenters. The van der Waals surface area contributed by atoms with Crippen LogP contribution in [0.3, 0.4) is 0 Å². The number of carboxylic acid groups (broad SMARTS) is 1. The van der Waals surface area contributed by atoms with Crippen LogP contribution in [-0.2, 0) is 14.8 Å². The van der Waals surface area contributed by atoms with Gasteiger partial charge in [-0.1, -0.05) is 0 Å². The van der Waals surface area contributed by atoms with Gasteiger partial charge < -0.3 is 5.11 Å². The average Bonchev–Trinajstić information content (AvgIpc) is 3.25. The van der Waals surface area contributed by atoms with E-state index in [1.54, 1.807) is 5.38 Å². The predicted molar refractivity (Wildman–Crippen MR) is 70.7 cm³/mol. The van der Waals surface area contributed by atoms with Crippen molar-refractivity contribution >= 4 is 27.3 Å². The van der Waals surface area contributed by atoms with Gasteiger partial charge in [0.25, 0.3) is 0 Å². The van der Waals surface area contributed by atoms with Gasteiger partial charge in [-0.15, -0.1) is 11.3 Å². The number of hydrogen-bond donors (Lipinski definition) is 2. The molecule has 3 rings (SSSR count).